The Labute approximate surface area is 186 Å². The molecule has 1 aliphatic heterocycles. The van der Waals surface area contributed by atoms with Crippen molar-refractivity contribution in [3.8, 4) is 11.1 Å². The van der Waals surface area contributed by atoms with Gasteiger partial charge in [0.1, 0.15) is 0 Å². The number of hydrogen-bond acceptors (Lipinski definition) is 5. The zero-order valence-electron chi connectivity index (χ0n) is 18.3. The summed E-state index contributed by atoms with van der Waals surface area (Å²) in [6.45, 7) is 2.80. The van der Waals surface area contributed by atoms with Gasteiger partial charge in [-0.2, -0.15) is 10.2 Å². The number of anilines is 1. The highest BCUT2D eigenvalue weighted by molar-refractivity contribution is 5.83. The number of aryl methyl sites for hydroxylation is 1. The molecule has 1 aliphatic rings. The third-order valence-electron chi connectivity index (χ3n) is 6.03. The Morgan fingerprint density at radius 1 is 0.938 bits per heavy atom. The van der Waals surface area contributed by atoms with Crippen molar-refractivity contribution in [1.82, 2.24) is 24.3 Å². The number of piperazine rings is 1. The van der Waals surface area contributed by atoms with Gasteiger partial charge in [0.05, 0.1) is 23.6 Å². The van der Waals surface area contributed by atoms with E-state index in [0.717, 1.165) is 41.0 Å². The summed E-state index contributed by atoms with van der Waals surface area (Å²) in [6, 6.07) is 13.9. The maximum absolute atomic E-state index is 13.1. The third kappa shape index (κ3) is 3.73. The summed E-state index contributed by atoms with van der Waals surface area (Å²) >= 11 is 0. The average Bonchev–Trinajstić information content (AvgIpc) is 3.46. The maximum atomic E-state index is 13.1. The van der Waals surface area contributed by atoms with Crippen molar-refractivity contribution in [1.29, 1.82) is 0 Å². The van der Waals surface area contributed by atoms with Crippen molar-refractivity contribution in [3.05, 3.63) is 72.8 Å². The van der Waals surface area contributed by atoms with Crippen molar-refractivity contribution in [2.45, 2.75) is 6.10 Å². The number of carbonyl (C=O) groups excluding carboxylic acids is 1. The zero-order valence-corrected chi connectivity index (χ0v) is 18.3. The highest BCUT2D eigenvalue weighted by Gasteiger charge is 2.29. The Morgan fingerprint density at radius 2 is 1.72 bits per heavy atom. The Kier molecular flexibility index (Phi) is 5.36. The minimum atomic E-state index is -0.564. The van der Waals surface area contributed by atoms with Gasteiger partial charge >= 0.3 is 0 Å². The lowest BCUT2D eigenvalue weighted by atomic mass is 10.1. The molecule has 0 bridgehead atoms. The molecule has 32 heavy (non-hydrogen) atoms. The first-order valence-corrected chi connectivity index (χ1v) is 10.7. The molecule has 5 rings (SSSR count). The predicted octanol–water partition coefficient (Wildman–Crippen LogP) is 2.77. The molecule has 0 unspecified atom stereocenters. The fourth-order valence-electron chi connectivity index (χ4n) is 4.30. The van der Waals surface area contributed by atoms with Gasteiger partial charge in [-0.25, -0.2) is 4.52 Å². The lowest BCUT2D eigenvalue weighted by Crippen LogP contribution is -2.50. The molecule has 0 saturated carbocycles. The molecule has 8 nitrogen and oxygen atoms in total. The van der Waals surface area contributed by atoms with Crippen molar-refractivity contribution in [2.75, 3.05) is 38.2 Å². The molecule has 4 aromatic rings. The van der Waals surface area contributed by atoms with E-state index in [-0.39, 0.29) is 5.91 Å². The molecule has 8 heteroatoms. The minimum Gasteiger partial charge on any atom is -0.367 e. The first-order chi connectivity index (χ1) is 15.6. The Bertz CT molecular complexity index is 1220. The molecule has 4 heterocycles. The number of benzene rings is 1. The summed E-state index contributed by atoms with van der Waals surface area (Å²) in [5, 5.41) is 8.82. The van der Waals surface area contributed by atoms with Crippen molar-refractivity contribution >= 4 is 17.1 Å². The van der Waals surface area contributed by atoms with E-state index >= 15 is 0 Å². The van der Waals surface area contributed by atoms with E-state index < -0.39 is 6.10 Å². The number of methoxy groups -OCH3 is 1. The zero-order chi connectivity index (χ0) is 22.1. The van der Waals surface area contributed by atoms with Crippen molar-refractivity contribution < 1.29 is 9.53 Å². The molecule has 1 amide bonds. The largest absolute Gasteiger partial charge is 0.367 e. The van der Waals surface area contributed by atoms with Crippen LogP contribution in [0.1, 0.15) is 11.7 Å². The van der Waals surface area contributed by atoms with E-state index in [1.165, 1.54) is 0 Å². The Morgan fingerprint density at radius 3 is 2.41 bits per heavy atom. The Balaban J connectivity index is 1.29. The summed E-state index contributed by atoms with van der Waals surface area (Å²) in [5.41, 5.74) is 5.15. The summed E-state index contributed by atoms with van der Waals surface area (Å²) in [5.74, 6) is 0.0133. The number of ether oxygens (including phenoxy) is 1. The highest BCUT2D eigenvalue weighted by atomic mass is 16.5. The molecular formula is C24H26N6O2. The van der Waals surface area contributed by atoms with Gasteiger partial charge in [-0.1, -0.05) is 36.4 Å². The molecule has 1 saturated heterocycles. The second kappa shape index (κ2) is 8.47. The van der Waals surface area contributed by atoms with E-state index in [1.54, 1.807) is 11.8 Å². The van der Waals surface area contributed by atoms with Crippen LogP contribution in [0, 0.1) is 0 Å². The third-order valence-corrected chi connectivity index (χ3v) is 6.03. The van der Waals surface area contributed by atoms with Gasteiger partial charge < -0.3 is 14.5 Å². The maximum Gasteiger partial charge on any atom is 0.256 e. The summed E-state index contributed by atoms with van der Waals surface area (Å²) in [7, 11) is 3.50. The molecule has 0 radical (unpaired) electrons. The molecule has 3 aromatic heterocycles. The predicted molar refractivity (Wildman–Crippen MR) is 122 cm³/mol. The lowest BCUT2D eigenvalue weighted by molar-refractivity contribution is -0.142. The normalized spacial score (nSPS) is 15.3. The minimum absolute atomic E-state index is 0.0133. The van der Waals surface area contributed by atoms with Crippen LogP contribution < -0.4 is 4.90 Å². The van der Waals surface area contributed by atoms with Crippen LogP contribution in [0.2, 0.25) is 0 Å². The molecule has 164 valence electrons. The van der Waals surface area contributed by atoms with E-state index in [1.807, 2.05) is 71.6 Å². The van der Waals surface area contributed by atoms with Crippen molar-refractivity contribution in [3.63, 3.8) is 0 Å². The molecule has 0 N–H and O–H groups in total. The first kappa shape index (κ1) is 20.3. The van der Waals surface area contributed by atoms with E-state index in [4.69, 9.17) is 4.74 Å². The molecular weight excluding hydrogens is 404 g/mol. The average molecular weight is 431 g/mol. The van der Waals surface area contributed by atoms with Gasteiger partial charge in [0.15, 0.2) is 6.10 Å². The van der Waals surface area contributed by atoms with Gasteiger partial charge in [0.2, 0.25) is 0 Å². The topological polar surface area (TPSA) is 67.9 Å². The molecule has 1 aromatic carbocycles. The number of nitrogens with zero attached hydrogens (tertiary/aromatic N) is 6. The highest BCUT2D eigenvalue weighted by Crippen LogP contribution is 2.27. The number of amides is 1. The van der Waals surface area contributed by atoms with E-state index in [9.17, 15) is 4.79 Å². The molecule has 1 atom stereocenters. The summed E-state index contributed by atoms with van der Waals surface area (Å²) in [4.78, 5) is 17.3. The van der Waals surface area contributed by atoms with Crippen LogP contribution >= 0.6 is 0 Å². The van der Waals surface area contributed by atoms with Gasteiger partial charge in [0.25, 0.3) is 5.91 Å². The number of carbonyl (C=O) groups is 1. The number of pyridine rings is 1. The van der Waals surface area contributed by atoms with Crippen LogP contribution in [0.5, 0.6) is 0 Å². The first-order valence-electron chi connectivity index (χ1n) is 10.7. The number of rotatable bonds is 5. The smallest absolute Gasteiger partial charge is 0.256 e. The van der Waals surface area contributed by atoms with Crippen LogP contribution in [0.15, 0.2) is 67.3 Å². The van der Waals surface area contributed by atoms with Crippen LogP contribution in [-0.2, 0) is 16.6 Å². The van der Waals surface area contributed by atoms with Gasteiger partial charge in [-0.15, -0.1) is 0 Å². The molecule has 0 spiro atoms. The fraction of sp³-hybridized carbons (Fsp3) is 0.292. The van der Waals surface area contributed by atoms with E-state index in [2.05, 4.69) is 27.2 Å². The summed E-state index contributed by atoms with van der Waals surface area (Å²) in [6.07, 6.45) is 7.21. The SMILES string of the molecule is CO[C@@H](C(=O)N1CCN(c2cnn3cc(-c4cnn(C)c4)ccc23)CC1)c1ccccc1. The molecule has 0 aliphatic carbocycles. The number of hydrogen-bond donors (Lipinski definition) is 0. The van der Waals surface area contributed by atoms with Gasteiger partial charge in [0, 0.05) is 63.9 Å². The lowest BCUT2D eigenvalue weighted by Gasteiger charge is -2.37. The second-order valence-corrected chi connectivity index (χ2v) is 8.02. The number of aromatic nitrogens is 4. The van der Waals surface area contributed by atoms with Crippen LogP contribution in [0.25, 0.3) is 16.6 Å². The van der Waals surface area contributed by atoms with Crippen LogP contribution in [0.4, 0.5) is 5.69 Å². The monoisotopic (exact) mass is 430 g/mol. The molecule has 1 fully saturated rings. The quantitative estimate of drug-likeness (QED) is 0.487. The van der Waals surface area contributed by atoms with E-state index in [0.29, 0.717) is 13.1 Å². The van der Waals surface area contributed by atoms with Gasteiger partial charge in [-0.05, 0) is 11.6 Å². The Hall–Kier alpha value is -3.65. The second-order valence-electron chi connectivity index (χ2n) is 8.02. The van der Waals surface area contributed by atoms with Crippen LogP contribution in [0.3, 0.4) is 0 Å². The number of fused-ring (bicyclic) bond motifs is 1. The van der Waals surface area contributed by atoms with Crippen molar-refractivity contribution in [2.24, 2.45) is 7.05 Å². The fourth-order valence-corrected chi connectivity index (χ4v) is 4.30. The van der Waals surface area contributed by atoms with Crippen LogP contribution in [-0.4, -0.2) is 63.5 Å². The van der Waals surface area contributed by atoms with Gasteiger partial charge in [-0.3, -0.25) is 9.48 Å². The summed E-state index contributed by atoms with van der Waals surface area (Å²) < 4.78 is 9.23. The standard InChI is InChI=1S/C24H26N6O2/c1-27-16-20(14-25-27)19-8-9-21-22(15-26-30(21)17-19)28-10-12-29(13-11-28)24(31)23(32-2)18-6-4-3-5-7-18/h3-9,14-17,23H,10-13H2,1-2H3/t23-/m1/s1.